The number of rotatable bonds is 5. The first-order chi connectivity index (χ1) is 13.8. The highest BCUT2D eigenvalue weighted by Gasteiger charge is 2.50. The number of aromatic hydroxyl groups is 1. The molecule has 29 heavy (non-hydrogen) atoms. The molecule has 2 bridgehead atoms. The fourth-order valence-corrected chi connectivity index (χ4v) is 5.40. The minimum Gasteiger partial charge on any atom is -0.508 e. The van der Waals surface area contributed by atoms with E-state index in [1.807, 2.05) is 12.1 Å². The maximum absolute atomic E-state index is 13.1. The molecule has 2 aliphatic rings. The van der Waals surface area contributed by atoms with Gasteiger partial charge in [-0.3, -0.25) is 4.79 Å². The number of carboxylic acid groups (broad SMARTS) is 1. The Balaban J connectivity index is 1.63. The number of fused-ring (bicyclic) bond motifs is 4. The SMILES string of the molecule is CN1CC[C@]2(C)c3cc(O)ccc3CC1[C@@H]2CC(=O)Cc1ccccc1C(=O)O. The lowest BCUT2D eigenvalue weighted by Crippen LogP contribution is -2.58. The Morgan fingerprint density at radius 1 is 1.21 bits per heavy atom. The second kappa shape index (κ2) is 7.30. The number of carbonyl (C=O) groups is 2. The van der Waals surface area contributed by atoms with Crippen LogP contribution in [0.1, 0.15) is 46.8 Å². The minimum absolute atomic E-state index is 0.0684. The fraction of sp³-hybridized carbons (Fsp3) is 0.417. The third-order valence-corrected chi connectivity index (χ3v) is 7.05. The number of hydrogen-bond donors (Lipinski definition) is 2. The molecule has 152 valence electrons. The Bertz CT molecular complexity index is 969. The van der Waals surface area contributed by atoms with Crippen molar-refractivity contribution in [2.24, 2.45) is 5.92 Å². The van der Waals surface area contributed by atoms with Crippen LogP contribution in [0, 0.1) is 5.92 Å². The van der Waals surface area contributed by atoms with Gasteiger partial charge in [-0.2, -0.15) is 0 Å². The maximum atomic E-state index is 13.1. The summed E-state index contributed by atoms with van der Waals surface area (Å²) in [6, 6.07) is 12.6. The van der Waals surface area contributed by atoms with Crippen LogP contribution in [-0.2, 0) is 23.1 Å². The van der Waals surface area contributed by atoms with Crippen molar-refractivity contribution in [2.75, 3.05) is 13.6 Å². The summed E-state index contributed by atoms with van der Waals surface area (Å²) in [6.07, 6.45) is 2.35. The molecule has 4 rings (SSSR count). The number of carboxylic acids is 1. The molecule has 1 unspecified atom stereocenters. The molecule has 2 aromatic rings. The molecule has 0 radical (unpaired) electrons. The van der Waals surface area contributed by atoms with Gasteiger partial charge in [0, 0.05) is 18.9 Å². The lowest BCUT2D eigenvalue weighted by molar-refractivity contribution is -0.121. The standard InChI is InChI=1S/C24H27NO4/c1-24-9-10-25(2)22(12-16-7-8-17(26)13-20(16)24)21(24)14-18(27)11-15-5-3-4-6-19(15)23(28)29/h3-8,13,21-22,26H,9-12,14H2,1-2H3,(H,28,29)/t21-,22?,24+/m0/s1. The van der Waals surface area contributed by atoms with Gasteiger partial charge in [-0.25, -0.2) is 4.79 Å². The predicted molar refractivity (Wildman–Crippen MR) is 110 cm³/mol. The largest absolute Gasteiger partial charge is 0.508 e. The molecule has 1 aliphatic heterocycles. The molecule has 0 saturated carbocycles. The van der Waals surface area contributed by atoms with Gasteiger partial charge in [-0.05, 0) is 72.7 Å². The Morgan fingerprint density at radius 2 is 1.97 bits per heavy atom. The Hall–Kier alpha value is -2.66. The molecule has 5 nitrogen and oxygen atoms in total. The number of aromatic carboxylic acids is 1. The highest BCUT2D eigenvalue weighted by Crippen LogP contribution is 2.50. The summed E-state index contributed by atoms with van der Waals surface area (Å²) in [6.45, 7) is 3.18. The summed E-state index contributed by atoms with van der Waals surface area (Å²) < 4.78 is 0. The number of hydrogen-bond acceptors (Lipinski definition) is 4. The van der Waals surface area contributed by atoms with Gasteiger partial charge in [0.25, 0.3) is 0 Å². The zero-order valence-corrected chi connectivity index (χ0v) is 16.9. The van der Waals surface area contributed by atoms with Crippen molar-refractivity contribution in [2.45, 2.75) is 44.1 Å². The normalized spacial score (nSPS) is 26.0. The van der Waals surface area contributed by atoms with E-state index in [1.165, 1.54) is 5.56 Å². The topological polar surface area (TPSA) is 77.8 Å². The van der Waals surface area contributed by atoms with Crippen LogP contribution in [0.4, 0.5) is 0 Å². The molecule has 3 atom stereocenters. The summed E-state index contributed by atoms with van der Waals surface area (Å²) >= 11 is 0. The zero-order chi connectivity index (χ0) is 20.8. The van der Waals surface area contributed by atoms with E-state index in [0.717, 1.165) is 24.9 Å². The third kappa shape index (κ3) is 3.44. The first kappa shape index (κ1) is 19.6. The van der Waals surface area contributed by atoms with E-state index < -0.39 is 5.97 Å². The minimum atomic E-state index is -1.00. The van der Waals surface area contributed by atoms with Crippen LogP contribution in [0.2, 0.25) is 0 Å². The van der Waals surface area contributed by atoms with Gasteiger partial charge in [-0.1, -0.05) is 31.2 Å². The van der Waals surface area contributed by atoms with Crippen LogP contribution < -0.4 is 0 Å². The van der Waals surface area contributed by atoms with Gasteiger partial charge in [0.1, 0.15) is 11.5 Å². The molecule has 0 aromatic heterocycles. The molecule has 1 heterocycles. The number of piperidine rings is 1. The molecule has 1 aliphatic carbocycles. The van der Waals surface area contributed by atoms with Crippen molar-refractivity contribution in [1.29, 1.82) is 0 Å². The van der Waals surface area contributed by atoms with Crippen molar-refractivity contribution in [3.05, 3.63) is 64.7 Å². The van der Waals surface area contributed by atoms with Gasteiger partial charge in [-0.15, -0.1) is 0 Å². The van der Waals surface area contributed by atoms with Crippen LogP contribution in [0.25, 0.3) is 0 Å². The van der Waals surface area contributed by atoms with E-state index in [1.54, 1.807) is 30.3 Å². The van der Waals surface area contributed by atoms with Crippen LogP contribution in [0.5, 0.6) is 5.75 Å². The number of ketones is 1. The van der Waals surface area contributed by atoms with Crippen LogP contribution in [0.15, 0.2) is 42.5 Å². The highest BCUT2D eigenvalue weighted by atomic mass is 16.4. The smallest absolute Gasteiger partial charge is 0.335 e. The summed E-state index contributed by atoms with van der Waals surface area (Å²) in [4.78, 5) is 26.9. The summed E-state index contributed by atoms with van der Waals surface area (Å²) in [5, 5.41) is 19.5. The van der Waals surface area contributed by atoms with Crippen molar-refractivity contribution in [3.8, 4) is 5.75 Å². The van der Waals surface area contributed by atoms with Crippen LogP contribution >= 0.6 is 0 Å². The second-order valence-electron chi connectivity index (χ2n) is 8.75. The number of Topliss-reactive ketones (excluding diaryl/α,β-unsaturated/α-hetero) is 1. The average Bonchev–Trinajstić information content (AvgIpc) is 2.68. The second-order valence-corrected chi connectivity index (χ2v) is 8.75. The van der Waals surface area contributed by atoms with Crippen molar-refractivity contribution in [1.82, 2.24) is 4.90 Å². The van der Waals surface area contributed by atoms with E-state index in [9.17, 15) is 19.8 Å². The molecule has 0 amide bonds. The highest BCUT2D eigenvalue weighted by molar-refractivity contribution is 5.92. The predicted octanol–water partition coefficient (Wildman–Crippen LogP) is 3.43. The molecule has 2 N–H and O–H groups in total. The molecule has 1 fully saturated rings. The molecular weight excluding hydrogens is 366 g/mol. The number of benzene rings is 2. The van der Waals surface area contributed by atoms with E-state index in [4.69, 9.17) is 0 Å². The zero-order valence-electron chi connectivity index (χ0n) is 16.9. The molecule has 0 spiro atoms. The Kier molecular flexibility index (Phi) is 4.95. The van der Waals surface area contributed by atoms with Crippen LogP contribution in [-0.4, -0.2) is 46.5 Å². The molecule has 1 saturated heterocycles. The van der Waals surface area contributed by atoms with Gasteiger partial charge in [0.15, 0.2) is 0 Å². The monoisotopic (exact) mass is 393 g/mol. The van der Waals surface area contributed by atoms with E-state index in [2.05, 4.69) is 18.9 Å². The number of phenolic OH excluding ortho intramolecular Hbond substituents is 1. The lowest BCUT2D eigenvalue weighted by atomic mass is 9.57. The van der Waals surface area contributed by atoms with E-state index in [-0.39, 0.29) is 40.9 Å². The van der Waals surface area contributed by atoms with E-state index >= 15 is 0 Å². The van der Waals surface area contributed by atoms with Gasteiger partial charge in [0.05, 0.1) is 5.56 Å². The third-order valence-electron chi connectivity index (χ3n) is 7.05. The average molecular weight is 393 g/mol. The quantitative estimate of drug-likeness (QED) is 0.814. The lowest BCUT2D eigenvalue weighted by Gasteiger charge is -2.54. The molecule has 2 aromatic carbocycles. The van der Waals surface area contributed by atoms with Gasteiger partial charge >= 0.3 is 5.97 Å². The van der Waals surface area contributed by atoms with Crippen molar-refractivity contribution in [3.63, 3.8) is 0 Å². The Morgan fingerprint density at radius 3 is 2.72 bits per heavy atom. The number of carbonyl (C=O) groups excluding carboxylic acids is 1. The first-order valence-corrected chi connectivity index (χ1v) is 10.1. The van der Waals surface area contributed by atoms with E-state index in [0.29, 0.717) is 12.0 Å². The molecule has 5 heteroatoms. The fourth-order valence-electron chi connectivity index (χ4n) is 5.40. The van der Waals surface area contributed by atoms with Crippen molar-refractivity contribution < 1.29 is 19.8 Å². The summed E-state index contributed by atoms with van der Waals surface area (Å²) in [5.74, 6) is -0.527. The number of likely N-dealkylation sites (N-methyl/N-ethyl adjacent to an activating group) is 1. The van der Waals surface area contributed by atoms with Gasteiger partial charge < -0.3 is 15.1 Å². The number of likely N-dealkylation sites (tertiary alicyclic amines) is 1. The Labute approximate surface area is 171 Å². The van der Waals surface area contributed by atoms with Crippen molar-refractivity contribution >= 4 is 11.8 Å². The van der Waals surface area contributed by atoms with Crippen LogP contribution in [0.3, 0.4) is 0 Å². The maximum Gasteiger partial charge on any atom is 0.335 e. The van der Waals surface area contributed by atoms with Gasteiger partial charge in [0.2, 0.25) is 0 Å². The summed E-state index contributed by atoms with van der Waals surface area (Å²) in [5.41, 5.74) is 3.00. The first-order valence-electron chi connectivity index (χ1n) is 10.1. The summed E-state index contributed by atoms with van der Waals surface area (Å²) in [7, 11) is 2.12. The number of nitrogens with zero attached hydrogens (tertiary/aromatic N) is 1. The number of phenols is 1. The molecular formula is C24H27NO4.